The average molecular weight is 251 g/mol. The maximum Gasteiger partial charge on any atom is 0.337 e. The summed E-state index contributed by atoms with van der Waals surface area (Å²) in [7, 11) is 0. The molecule has 0 saturated heterocycles. The fourth-order valence-corrected chi connectivity index (χ4v) is 2.73. The Labute approximate surface area is 110 Å². The monoisotopic (exact) mass is 251 g/mol. The summed E-state index contributed by atoms with van der Waals surface area (Å²) in [5, 5.41) is 9.18. The molecular formula is C15H25NO2. The molecule has 1 heterocycles. The molecule has 1 N–H and O–H groups in total. The SMILES string of the molecule is CCCCC(CCC)n1c(C)cc(C(=O)O)c1C. The van der Waals surface area contributed by atoms with Crippen molar-refractivity contribution in [3.05, 3.63) is 23.0 Å². The third-order valence-electron chi connectivity index (χ3n) is 3.59. The second kappa shape index (κ2) is 6.62. The van der Waals surface area contributed by atoms with E-state index in [4.69, 9.17) is 0 Å². The van der Waals surface area contributed by atoms with Crippen LogP contribution in [0.5, 0.6) is 0 Å². The zero-order chi connectivity index (χ0) is 13.7. The van der Waals surface area contributed by atoms with Gasteiger partial charge in [-0.1, -0.05) is 33.1 Å². The molecule has 1 atom stereocenters. The maximum absolute atomic E-state index is 11.2. The van der Waals surface area contributed by atoms with Gasteiger partial charge in [0, 0.05) is 17.4 Å². The van der Waals surface area contributed by atoms with Crippen LogP contribution in [0.2, 0.25) is 0 Å². The second-order valence-corrected chi connectivity index (χ2v) is 5.04. The van der Waals surface area contributed by atoms with Crippen molar-refractivity contribution >= 4 is 5.97 Å². The van der Waals surface area contributed by atoms with Crippen molar-refractivity contribution in [3.63, 3.8) is 0 Å². The fourth-order valence-electron chi connectivity index (χ4n) is 2.73. The fraction of sp³-hybridized carbons (Fsp3) is 0.667. The number of nitrogens with zero attached hydrogens (tertiary/aromatic N) is 1. The van der Waals surface area contributed by atoms with Crippen molar-refractivity contribution in [3.8, 4) is 0 Å². The number of unbranched alkanes of at least 4 members (excludes halogenated alkanes) is 1. The van der Waals surface area contributed by atoms with Crippen LogP contribution in [0.25, 0.3) is 0 Å². The summed E-state index contributed by atoms with van der Waals surface area (Å²) in [6, 6.07) is 2.25. The van der Waals surface area contributed by atoms with Crippen LogP contribution in [0.1, 0.15) is 73.7 Å². The highest BCUT2D eigenvalue weighted by atomic mass is 16.4. The van der Waals surface area contributed by atoms with Crippen molar-refractivity contribution in [2.45, 2.75) is 65.8 Å². The van der Waals surface area contributed by atoms with Gasteiger partial charge in [-0.2, -0.15) is 0 Å². The minimum atomic E-state index is -0.819. The van der Waals surface area contributed by atoms with Gasteiger partial charge < -0.3 is 9.67 Å². The van der Waals surface area contributed by atoms with Gasteiger partial charge in [0.15, 0.2) is 0 Å². The van der Waals surface area contributed by atoms with Gasteiger partial charge in [-0.25, -0.2) is 4.79 Å². The van der Waals surface area contributed by atoms with Crippen LogP contribution >= 0.6 is 0 Å². The quantitative estimate of drug-likeness (QED) is 0.783. The summed E-state index contributed by atoms with van der Waals surface area (Å²) in [5.74, 6) is -0.819. The molecule has 0 fully saturated rings. The van der Waals surface area contributed by atoms with E-state index in [0.717, 1.165) is 30.7 Å². The van der Waals surface area contributed by atoms with Gasteiger partial charge in [0.2, 0.25) is 0 Å². The Hall–Kier alpha value is -1.25. The van der Waals surface area contributed by atoms with Crippen molar-refractivity contribution in [2.24, 2.45) is 0 Å². The predicted octanol–water partition coefficient (Wildman–Crippen LogP) is 4.33. The van der Waals surface area contributed by atoms with E-state index in [-0.39, 0.29) is 0 Å². The Morgan fingerprint density at radius 2 is 1.94 bits per heavy atom. The maximum atomic E-state index is 11.2. The summed E-state index contributed by atoms with van der Waals surface area (Å²) in [5.41, 5.74) is 2.42. The van der Waals surface area contributed by atoms with Crippen LogP contribution in [0, 0.1) is 13.8 Å². The number of rotatable bonds is 7. The molecule has 1 rings (SSSR count). The smallest absolute Gasteiger partial charge is 0.337 e. The van der Waals surface area contributed by atoms with Crippen LogP contribution in [0.4, 0.5) is 0 Å². The topological polar surface area (TPSA) is 42.2 Å². The van der Waals surface area contributed by atoms with E-state index in [1.807, 2.05) is 13.8 Å². The number of carboxylic acid groups (broad SMARTS) is 1. The first-order valence-corrected chi connectivity index (χ1v) is 6.94. The molecule has 1 unspecified atom stereocenters. The lowest BCUT2D eigenvalue weighted by atomic mass is 10.0. The molecule has 3 heteroatoms. The minimum Gasteiger partial charge on any atom is -0.478 e. The van der Waals surface area contributed by atoms with Gasteiger partial charge in [0.1, 0.15) is 0 Å². The Morgan fingerprint density at radius 3 is 2.39 bits per heavy atom. The lowest BCUT2D eigenvalue weighted by molar-refractivity contribution is 0.0696. The van der Waals surface area contributed by atoms with Crippen molar-refractivity contribution < 1.29 is 9.90 Å². The molecule has 0 aliphatic carbocycles. The summed E-state index contributed by atoms with van der Waals surface area (Å²) >= 11 is 0. The van der Waals surface area contributed by atoms with E-state index in [2.05, 4.69) is 18.4 Å². The Bertz CT molecular complexity index is 407. The number of hydrogen-bond acceptors (Lipinski definition) is 1. The second-order valence-electron chi connectivity index (χ2n) is 5.04. The van der Waals surface area contributed by atoms with E-state index < -0.39 is 5.97 Å². The van der Waals surface area contributed by atoms with E-state index in [1.165, 1.54) is 12.8 Å². The first kappa shape index (κ1) is 14.8. The summed E-state index contributed by atoms with van der Waals surface area (Å²) in [6.45, 7) is 8.31. The molecule has 0 aliphatic rings. The Balaban J connectivity index is 3.07. The normalized spacial score (nSPS) is 12.7. The molecule has 0 aliphatic heterocycles. The third kappa shape index (κ3) is 3.15. The van der Waals surface area contributed by atoms with Crippen molar-refractivity contribution in [2.75, 3.05) is 0 Å². The average Bonchev–Trinajstić information content (AvgIpc) is 2.61. The number of hydrogen-bond donors (Lipinski definition) is 1. The van der Waals surface area contributed by atoms with Crippen molar-refractivity contribution in [1.82, 2.24) is 4.57 Å². The molecule has 0 radical (unpaired) electrons. The highest BCUT2D eigenvalue weighted by Gasteiger charge is 2.19. The molecule has 18 heavy (non-hydrogen) atoms. The van der Waals surface area contributed by atoms with E-state index >= 15 is 0 Å². The predicted molar refractivity (Wildman–Crippen MR) is 74.3 cm³/mol. The van der Waals surface area contributed by atoms with Crippen LogP contribution in [0.15, 0.2) is 6.07 Å². The highest BCUT2D eigenvalue weighted by Crippen LogP contribution is 2.27. The van der Waals surface area contributed by atoms with Crippen LogP contribution < -0.4 is 0 Å². The molecule has 1 aromatic rings. The van der Waals surface area contributed by atoms with Gasteiger partial charge >= 0.3 is 5.97 Å². The molecule has 0 spiro atoms. The number of aromatic carboxylic acids is 1. The summed E-state index contributed by atoms with van der Waals surface area (Å²) in [4.78, 5) is 11.2. The van der Waals surface area contributed by atoms with E-state index in [0.29, 0.717) is 11.6 Å². The number of carbonyl (C=O) groups is 1. The van der Waals surface area contributed by atoms with Crippen molar-refractivity contribution in [1.29, 1.82) is 0 Å². The molecule has 1 aromatic heterocycles. The molecule has 0 amide bonds. The number of aromatic nitrogens is 1. The van der Waals surface area contributed by atoms with Gasteiger partial charge in [0.05, 0.1) is 5.56 Å². The highest BCUT2D eigenvalue weighted by molar-refractivity contribution is 5.89. The van der Waals surface area contributed by atoms with Gasteiger partial charge in [-0.05, 0) is 32.8 Å². The van der Waals surface area contributed by atoms with Crippen LogP contribution in [-0.2, 0) is 0 Å². The van der Waals surface area contributed by atoms with Gasteiger partial charge in [0.25, 0.3) is 0 Å². The van der Waals surface area contributed by atoms with Gasteiger partial charge in [-0.3, -0.25) is 0 Å². The molecule has 0 bridgehead atoms. The third-order valence-corrected chi connectivity index (χ3v) is 3.59. The number of carboxylic acids is 1. The van der Waals surface area contributed by atoms with E-state index in [1.54, 1.807) is 6.07 Å². The zero-order valence-electron chi connectivity index (χ0n) is 12.0. The molecule has 0 aromatic carbocycles. The minimum absolute atomic E-state index is 0.447. The molecule has 0 saturated carbocycles. The molecule has 102 valence electrons. The summed E-state index contributed by atoms with van der Waals surface area (Å²) < 4.78 is 2.22. The van der Waals surface area contributed by atoms with Gasteiger partial charge in [-0.15, -0.1) is 0 Å². The molecule has 3 nitrogen and oxygen atoms in total. The van der Waals surface area contributed by atoms with Crippen LogP contribution in [0.3, 0.4) is 0 Å². The largest absolute Gasteiger partial charge is 0.478 e. The Morgan fingerprint density at radius 1 is 1.28 bits per heavy atom. The first-order valence-electron chi connectivity index (χ1n) is 6.94. The zero-order valence-corrected chi connectivity index (χ0v) is 12.0. The number of aryl methyl sites for hydroxylation is 1. The summed E-state index contributed by atoms with van der Waals surface area (Å²) in [6.07, 6.45) is 5.78. The first-order chi connectivity index (χ1) is 8.52. The van der Waals surface area contributed by atoms with Crippen LogP contribution in [-0.4, -0.2) is 15.6 Å². The Kier molecular flexibility index (Phi) is 5.45. The molecular weight excluding hydrogens is 226 g/mol. The lowest BCUT2D eigenvalue weighted by Gasteiger charge is -2.22. The standard InChI is InChI=1S/C15H25NO2/c1-5-7-9-13(8-6-2)16-11(3)10-14(12(16)4)15(17)18/h10,13H,5-9H2,1-4H3,(H,17,18). The lowest BCUT2D eigenvalue weighted by Crippen LogP contribution is -2.13. The van der Waals surface area contributed by atoms with E-state index in [9.17, 15) is 9.90 Å².